The highest BCUT2D eigenvalue weighted by atomic mass is 16.5. The molecule has 4 N–H and O–H groups in total. The van der Waals surface area contributed by atoms with E-state index in [1.165, 1.54) is 25.7 Å². The second-order valence-corrected chi connectivity index (χ2v) is 7.50. The van der Waals surface area contributed by atoms with Crippen LogP contribution in [0.25, 0.3) is 0 Å². The predicted molar refractivity (Wildman–Crippen MR) is 108 cm³/mol. The number of hydrogen-bond acceptors (Lipinski definition) is 4. The first-order valence-electron chi connectivity index (χ1n) is 9.49. The van der Waals surface area contributed by atoms with E-state index in [0.29, 0.717) is 11.8 Å². The smallest absolute Gasteiger partial charge is 0.124 e. The third-order valence-electron chi connectivity index (χ3n) is 5.49. The largest absolute Gasteiger partial charge is 0.493 e. The maximum atomic E-state index is 6.02. The molecular formula is C22H30N2O2. The molecule has 0 atom stereocenters. The fraction of sp³-hybridized carbons (Fsp3) is 0.455. The number of aryl methyl sites for hydroxylation is 1. The standard InChI is InChI=1S/C22H30N2O2/c1-15-12-19(10-11-20(15)23)25-13-17-6-8-18(9-7-17)14-26-22-5-3-4-21(24)16(22)2/h3-5,10-12,17-18H,6-9,13-14,23-24H2,1-2H3. The number of rotatable bonds is 6. The highest BCUT2D eigenvalue weighted by molar-refractivity contribution is 5.53. The van der Waals surface area contributed by atoms with Crippen molar-refractivity contribution in [1.29, 1.82) is 0 Å². The summed E-state index contributed by atoms with van der Waals surface area (Å²) in [5.41, 5.74) is 15.5. The molecule has 0 saturated heterocycles. The van der Waals surface area contributed by atoms with E-state index in [-0.39, 0.29) is 0 Å². The molecule has 1 aliphatic carbocycles. The Morgan fingerprint density at radius 1 is 0.846 bits per heavy atom. The van der Waals surface area contributed by atoms with Crippen molar-refractivity contribution in [2.45, 2.75) is 39.5 Å². The monoisotopic (exact) mass is 354 g/mol. The minimum absolute atomic E-state index is 0.617. The Labute approximate surface area is 156 Å². The van der Waals surface area contributed by atoms with Crippen LogP contribution in [0.15, 0.2) is 36.4 Å². The first kappa shape index (κ1) is 18.4. The van der Waals surface area contributed by atoms with Gasteiger partial charge in [0.25, 0.3) is 0 Å². The zero-order chi connectivity index (χ0) is 18.5. The maximum Gasteiger partial charge on any atom is 0.124 e. The van der Waals surface area contributed by atoms with Gasteiger partial charge in [-0.15, -0.1) is 0 Å². The number of ether oxygens (including phenoxy) is 2. The lowest BCUT2D eigenvalue weighted by molar-refractivity contribution is 0.148. The Bertz CT molecular complexity index is 737. The SMILES string of the molecule is Cc1cc(OCC2CCC(COc3cccc(N)c3C)CC2)ccc1N. The van der Waals surface area contributed by atoms with Crippen LogP contribution in [0.2, 0.25) is 0 Å². The van der Waals surface area contributed by atoms with E-state index in [0.717, 1.165) is 47.2 Å². The summed E-state index contributed by atoms with van der Waals surface area (Å²) in [6, 6.07) is 11.7. The molecule has 0 amide bonds. The van der Waals surface area contributed by atoms with Gasteiger partial charge in [0.15, 0.2) is 0 Å². The molecule has 2 aromatic rings. The summed E-state index contributed by atoms with van der Waals surface area (Å²) >= 11 is 0. The fourth-order valence-electron chi connectivity index (χ4n) is 3.51. The Hall–Kier alpha value is -2.36. The second-order valence-electron chi connectivity index (χ2n) is 7.50. The van der Waals surface area contributed by atoms with Gasteiger partial charge in [-0.2, -0.15) is 0 Å². The van der Waals surface area contributed by atoms with E-state index in [2.05, 4.69) is 0 Å². The summed E-state index contributed by atoms with van der Waals surface area (Å²) in [4.78, 5) is 0. The van der Waals surface area contributed by atoms with Crippen LogP contribution in [0, 0.1) is 25.7 Å². The topological polar surface area (TPSA) is 70.5 Å². The first-order valence-corrected chi connectivity index (χ1v) is 9.49. The normalized spacial score (nSPS) is 19.9. The first-order chi connectivity index (χ1) is 12.5. The van der Waals surface area contributed by atoms with Crippen LogP contribution in [-0.2, 0) is 0 Å². The van der Waals surface area contributed by atoms with E-state index in [4.69, 9.17) is 20.9 Å². The van der Waals surface area contributed by atoms with Gasteiger partial charge in [-0.1, -0.05) is 6.07 Å². The Balaban J connectivity index is 1.41. The lowest BCUT2D eigenvalue weighted by Gasteiger charge is -2.28. The van der Waals surface area contributed by atoms with Crippen molar-refractivity contribution in [2.24, 2.45) is 11.8 Å². The fourth-order valence-corrected chi connectivity index (χ4v) is 3.51. The number of benzene rings is 2. The third kappa shape index (κ3) is 4.63. The van der Waals surface area contributed by atoms with Gasteiger partial charge in [0.1, 0.15) is 11.5 Å². The van der Waals surface area contributed by atoms with Gasteiger partial charge in [0, 0.05) is 16.9 Å². The predicted octanol–water partition coefficient (Wildman–Crippen LogP) is 4.73. The molecule has 0 unspecified atom stereocenters. The van der Waals surface area contributed by atoms with Crippen LogP contribution in [0.5, 0.6) is 11.5 Å². The van der Waals surface area contributed by atoms with Gasteiger partial charge in [-0.05, 0) is 87.3 Å². The summed E-state index contributed by atoms with van der Waals surface area (Å²) in [5, 5.41) is 0. The zero-order valence-electron chi connectivity index (χ0n) is 15.8. The van der Waals surface area contributed by atoms with Crippen molar-refractivity contribution in [3.63, 3.8) is 0 Å². The van der Waals surface area contributed by atoms with Crippen molar-refractivity contribution < 1.29 is 9.47 Å². The molecule has 0 bridgehead atoms. The third-order valence-corrected chi connectivity index (χ3v) is 5.49. The van der Waals surface area contributed by atoms with E-state index in [1.807, 2.05) is 50.2 Å². The van der Waals surface area contributed by atoms with Gasteiger partial charge < -0.3 is 20.9 Å². The average Bonchev–Trinajstić information content (AvgIpc) is 2.65. The summed E-state index contributed by atoms with van der Waals surface area (Å²) in [6.45, 7) is 5.58. The molecule has 26 heavy (non-hydrogen) atoms. The van der Waals surface area contributed by atoms with E-state index in [1.54, 1.807) is 0 Å². The summed E-state index contributed by atoms with van der Waals surface area (Å²) in [5.74, 6) is 3.07. The molecule has 140 valence electrons. The van der Waals surface area contributed by atoms with Crippen LogP contribution in [0.4, 0.5) is 11.4 Å². The Kier molecular flexibility index (Phi) is 5.92. The lowest BCUT2D eigenvalue weighted by Crippen LogP contribution is -2.23. The quantitative estimate of drug-likeness (QED) is 0.736. The highest BCUT2D eigenvalue weighted by Gasteiger charge is 2.22. The summed E-state index contributed by atoms with van der Waals surface area (Å²) in [7, 11) is 0. The van der Waals surface area contributed by atoms with Gasteiger partial charge in [-0.3, -0.25) is 0 Å². The Morgan fingerprint density at radius 2 is 1.50 bits per heavy atom. The van der Waals surface area contributed by atoms with Crippen molar-refractivity contribution in [3.05, 3.63) is 47.5 Å². The molecule has 0 heterocycles. The average molecular weight is 354 g/mol. The summed E-state index contributed by atoms with van der Waals surface area (Å²) < 4.78 is 12.0. The molecule has 0 radical (unpaired) electrons. The van der Waals surface area contributed by atoms with Crippen molar-refractivity contribution >= 4 is 11.4 Å². The Morgan fingerprint density at radius 3 is 2.15 bits per heavy atom. The van der Waals surface area contributed by atoms with Crippen LogP contribution in [0.1, 0.15) is 36.8 Å². The molecule has 1 aliphatic rings. The van der Waals surface area contributed by atoms with Crippen LogP contribution >= 0.6 is 0 Å². The van der Waals surface area contributed by atoms with E-state index in [9.17, 15) is 0 Å². The van der Waals surface area contributed by atoms with Gasteiger partial charge >= 0.3 is 0 Å². The van der Waals surface area contributed by atoms with Gasteiger partial charge in [0.2, 0.25) is 0 Å². The van der Waals surface area contributed by atoms with Crippen LogP contribution in [0.3, 0.4) is 0 Å². The molecule has 4 heteroatoms. The second kappa shape index (κ2) is 8.35. The molecule has 3 rings (SSSR count). The minimum atomic E-state index is 0.617. The van der Waals surface area contributed by atoms with Gasteiger partial charge in [-0.25, -0.2) is 0 Å². The zero-order valence-corrected chi connectivity index (χ0v) is 15.8. The molecule has 0 aromatic heterocycles. The number of hydrogen-bond donors (Lipinski definition) is 2. The highest BCUT2D eigenvalue weighted by Crippen LogP contribution is 2.31. The lowest BCUT2D eigenvalue weighted by atomic mass is 9.83. The minimum Gasteiger partial charge on any atom is -0.493 e. The summed E-state index contributed by atoms with van der Waals surface area (Å²) in [6.07, 6.45) is 4.77. The number of nitrogens with two attached hydrogens (primary N) is 2. The van der Waals surface area contributed by atoms with Crippen LogP contribution < -0.4 is 20.9 Å². The molecule has 0 aliphatic heterocycles. The molecule has 2 aromatic carbocycles. The molecule has 4 nitrogen and oxygen atoms in total. The van der Waals surface area contributed by atoms with Crippen molar-refractivity contribution in [3.8, 4) is 11.5 Å². The molecule has 0 spiro atoms. The van der Waals surface area contributed by atoms with E-state index >= 15 is 0 Å². The van der Waals surface area contributed by atoms with Crippen molar-refractivity contribution in [1.82, 2.24) is 0 Å². The number of anilines is 2. The molecular weight excluding hydrogens is 324 g/mol. The molecule has 1 saturated carbocycles. The van der Waals surface area contributed by atoms with Gasteiger partial charge in [0.05, 0.1) is 13.2 Å². The molecule has 1 fully saturated rings. The maximum absolute atomic E-state index is 6.02. The number of nitrogen functional groups attached to an aromatic ring is 2. The van der Waals surface area contributed by atoms with Crippen molar-refractivity contribution in [2.75, 3.05) is 24.7 Å². The van der Waals surface area contributed by atoms with E-state index < -0.39 is 0 Å². The van der Waals surface area contributed by atoms with Crippen LogP contribution in [-0.4, -0.2) is 13.2 Å².